The van der Waals surface area contributed by atoms with E-state index in [0.717, 1.165) is 30.3 Å². The summed E-state index contributed by atoms with van der Waals surface area (Å²) in [4.78, 5) is 13.2. The van der Waals surface area contributed by atoms with Crippen LogP contribution in [0.3, 0.4) is 0 Å². The lowest BCUT2D eigenvalue weighted by Gasteiger charge is -2.36. The lowest BCUT2D eigenvalue weighted by Crippen LogP contribution is -2.43. The number of hydrogen-bond acceptors (Lipinski definition) is 4. The standard InChI is InChI=1S/C22H24N4S/c1-25(22-24-20-8-4-5-9-21(20)27-22)17-10-12-26(13-11-17)15-16-14-23-19-7-3-2-6-18(16)19/h2-9,14,17,23H,10-13,15H2,1H3. The van der Waals surface area contributed by atoms with Gasteiger partial charge in [0.2, 0.25) is 0 Å². The van der Waals surface area contributed by atoms with E-state index in [-0.39, 0.29) is 0 Å². The average molecular weight is 377 g/mol. The third-order valence-electron chi connectivity index (χ3n) is 5.76. The van der Waals surface area contributed by atoms with Gasteiger partial charge >= 0.3 is 0 Å². The molecule has 4 aromatic rings. The molecule has 0 saturated carbocycles. The number of nitrogens with one attached hydrogen (secondary N) is 1. The summed E-state index contributed by atoms with van der Waals surface area (Å²) in [6.45, 7) is 3.31. The largest absolute Gasteiger partial charge is 0.361 e. The van der Waals surface area contributed by atoms with Crippen LogP contribution < -0.4 is 4.90 Å². The third kappa shape index (κ3) is 3.22. The van der Waals surface area contributed by atoms with Gasteiger partial charge in [0.15, 0.2) is 5.13 Å². The molecule has 27 heavy (non-hydrogen) atoms. The number of para-hydroxylation sites is 2. The smallest absolute Gasteiger partial charge is 0.186 e. The first kappa shape index (κ1) is 16.8. The normalized spacial score (nSPS) is 16.3. The van der Waals surface area contributed by atoms with E-state index in [1.165, 1.54) is 34.0 Å². The molecule has 1 aliphatic rings. The van der Waals surface area contributed by atoms with Gasteiger partial charge < -0.3 is 9.88 Å². The molecule has 2 aromatic heterocycles. The molecule has 2 aromatic carbocycles. The van der Waals surface area contributed by atoms with Gasteiger partial charge in [-0.3, -0.25) is 4.90 Å². The molecular weight excluding hydrogens is 352 g/mol. The maximum absolute atomic E-state index is 4.83. The molecule has 0 atom stereocenters. The van der Waals surface area contributed by atoms with E-state index >= 15 is 0 Å². The summed E-state index contributed by atoms with van der Waals surface area (Å²) in [5.74, 6) is 0. The number of nitrogens with zero attached hydrogens (tertiary/aromatic N) is 3. The van der Waals surface area contributed by atoms with Crippen molar-refractivity contribution < 1.29 is 0 Å². The number of hydrogen-bond donors (Lipinski definition) is 1. The Bertz CT molecular complexity index is 1030. The van der Waals surface area contributed by atoms with Crippen molar-refractivity contribution in [2.45, 2.75) is 25.4 Å². The minimum absolute atomic E-state index is 0.574. The number of H-pyrrole nitrogens is 1. The number of aromatic nitrogens is 2. The van der Waals surface area contributed by atoms with Crippen LogP contribution in [-0.2, 0) is 6.54 Å². The second-order valence-corrected chi connectivity index (χ2v) is 8.45. The first-order valence-corrected chi connectivity index (χ1v) is 10.5. The van der Waals surface area contributed by atoms with Gasteiger partial charge in [-0.05, 0) is 36.6 Å². The van der Waals surface area contributed by atoms with E-state index in [1.54, 1.807) is 11.3 Å². The number of piperidine rings is 1. The Kier molecular flexibility index (Phi) is 4.34. The minimum Gasteiger partial charge on any atom is -0.361 e. The van der Waals surface area contributed by atoms with Crippen LogP contribution in [-0.4, -0.2) is 41.0 Å². The van der Waals surface area contributed by atoms with Gasteiger partial charge in [0.05, 0.1) is 10.2 Å². The van der Waals surface area contributed by atoms with Crippen LogP contribution in [0, 0.1) is 0 Å². The first-order chi connectivity index (χ1) is 13.3. The number of aromatic amines is 1. The number of thiazole rings is 1. The first-order valence-electron chi connectivity index (χ1n) is 9.64. The molecule has 0 radical (unpaired) electrons. The van der Waals surface area contributed by atoms with Crippen molar-refractivity contribution in [1.82, 2.24) is 14.9 Å². The highest BCUT2D eigenvalue weighted by Crippen LogP contribution is 2.31. The van der Waals surface area contributed by atoms with Crippen molar-refractivity contribution in [3.8, 4) is 0 Å². The SMILES string of the molecule is CN(c1nc2ccccc2s1)C1CCN(Cc2c[nH]c3ccccc23)CC1. The fraction of sp³-hybridized carbons (Fsp3) is 0.318. The van der Waals surface area contributed by atoms with Crippen molar-refractivity contribution in [3.63, 3.8) is 0 Å². The van der Waals surface area contributed by atoms with E-state index in [4.69, 9.17) is 4.98 Å². The van der Waals surface area contributed by atoms with E-state index < -0.39 is 0 Å². The number of rotatable bonds is 4. The Hall–Kier alpha value is -2.37. The molecule has 138 valence electrons. The number of anilines is 1. The summed E-state index contributed by atoms with van der Waals surface area (Å²) in [6, 6.07) is 17.6. The topological polar surface area (TPSA) is 35.2 Å². The summed E-state index contributed by atoms with van der Waals surface area (Å²) >= 11 is 1.80. The molecule has 5 rings (SSSR count). The van der Waals surface area contributed by atoms with Gasteiger partial charge in [0.25, 0.3) is 0 Å². The average Bonchev–Trinajstić information content (AvgIpc) is 3.32. The maximum Gasteiger partial charge on any atom is 0.186 e. The van der Waals surface area contributed by atoms with Gasteiger partial charge in [-0.1, -0.05) is 41.7 Å². The molecule has 1 aliphatic heterocycles. The summed E-state index contributed by atoms with van der Waals surface area (Å²) in [5, 5.41) is 2.50. The Labute approximate surface area is 163 Å². The zero-order valence-corrected chi connectivity index (χ0v) is 16.4. The molecule has 0 unspecified atom stereocenters. The van der Waals surface area contributed by atoms with Crippen molar-refractivity contribution in [2.24, 2.45) is 0 Å². The Morgan fingerprint density at radius 1 is 1.11 bits per heavy atom. The van der Waals surface area contributed by atoms with E-state index in [9.17, 15) is 0 Å². The van der Waals surface area contributed by atoms with Crippen LogP contribution >= 0.6 is 11.3 Å². The molecule has 1 N–H and O–H groups in total. The third-order valence-corrected chi connectivity index (χ3v) is 6.88. The van der Waals surface area contributed by atoms with Crippen LogP contribution in [0.25, 0.3) is 21.1 Å². The van der Waals surface area contributed by atoms with Crippen LogP contribution in [0.1, 0.15) is 18.4 Å². The van der Waals surface area contributed by atoms with Gasteiger partial charge in [-0.25, -0.2) is 4.98 Å². The zero-order chi connectivity index (χ0) is 18.2. The van der Waals surface area contributed by atoms with Crippen molar-refractivity contribution >= 4 is 37.6 Å². The molecule has 3 heterocycles. The second kappa shape index (κ2) is 6.98. The quantitative estimate of drug-likeness (QED) is 0.551. The second-order valence-electron chi connectivity index (χ2n) is 7.44. The highest BCUT2D eigenvalue weighted by atomic mass is 32.1. The van der Waals surface area contributed by atoms with E-state index in [0.29, 0.717) is 6.04 Å². The van der Waals surface area contributed by atoms with Crippen LogP contribution in [0.5, 0.6) is 0 Å². The Morgan fingerprint density at radius 2 is 1.89 bits per heavy atom. The highest BCUT2D eigenvalue weighted by molar-refractivity contribution is 7.22. The lowest BCUT2D eigenvalue weighted by atomic mass is 10.0. The summed E-state index contributed by atoms with van der Waals surface area (Å²) < 4.78 is 1.27. The van der Waals surface area contributed by atoms with Crippen LogP contribution in [0.15, 0.2) is 54.7 Å². The predicted octanol–water partition coefficient (Wildman–Crippen LogP) is 4.88. The minimum atomic E-state index is 0.574. The monoisotopic (exact) mass is 376 g/mol. The van der Waals surface area contributed by atoms with E-state index in [2.05, 4.69) is 76.6 Å². The Balaban J connectivity index is 1.24. The molecule has 1 fully saturated rings. The molecule has 0 aliphatic carbocycles. The number of fused-ring (bicyclic) bond motifs is 2. The maximum atomic E-state index is 4.83. The van der Waals surface area contributed by atoms with Crippen molar-refractivity contribution in [1.29, 1.82) is 0 Å². The highest BCUT2D eigenvalue weighted by Gasteiger charge is 2.24. The van der Waals surface area contributed by atoms with Crippen molar-refractivity contribution in [2.75, 3.05) is 25.0 Å². The molecule has 5 heteroatoms. The Morgan fingerprint density at radius 3 is 2.74 bits per heavy atom. The van der Waals surface area contributed by atoms with Crippen LogP contribution in [0.4, 0.5) is 5.13 Å². The van der Waals surface area contributed by atoms with Gasteiger partial charge in [0.1, 0.15) is 0 Å². The number of benzene rings is 2. The van der Waals surface area contributed by atoms with Crippen LogP contribution in [0.2, 0.25) is 0 Å². The van der Waals surface area contributed by atoms with Crippen molar-refractivity contribution in [3.05, 3.63) is 60.3 Å². The van der Waals surface area contributed by atoms with E-state index in [1.807, 2.05) is 0 Å². The molecule has 4 nitrogen and oxygen atoms in total. The zero-order valence-electron chi connectivity index (χ0n) is 15.6. The fourth-order valence-corrected chi connectivity index (χ4v) is 5.13. The lowest BCUT2D eigenvalue weighted by molar-refractivity contribution is 0.204. The summed E-state index contributed by atoms with van der Waals surface area (Å²) in [7, 11) is 2.21. The predicted molar refractivity (Wildman–Crippen MR) is 115 cm³/mol. The van der Waals surface area contributed by atoms with Gasteiger partial charge in [-0.2, -0.15) is 0 Å². The molecule has 0 bridgehead atoms. The molecule has 0 amide bonds. The molecular formula is C22H24N4S. The molecule has 0 spiro atoms. The van der Waals surface area contributed by atoms with Gasteiger partial charge in [-0.15, -0.1) is 0 Å². The summed E-state index contributed by atoms with van der Waals surface area (Å²) in [6.07, 6.45) is 4.55. The summed E-state index contributed by atoms with van der Waals surface area (Å²) in [5.41, 5.74) is 3.75. The fourth-order valence-electron chi connectivity index (χ4n) is 4.14. The number of likely N-dealkylation sites (tertiary alicyclic amines) is 1. The molecule has 1 saturated heterocycles. The van der Waals surface area contributed by atoms with Gasteiger partial charge in [0, 0.05) is 49.8 Å².